The normalized spacial score (nSPS) is 26.0. The Balaban J connectivity index is 1.61. The summed E-state index contributed by atoms with van der Waals surface area (Å²) in [5, 5.41) is 3.48. The molecule has 2 aliphatic rings. The van der Waals surface area contributed by atoms with Crippen molar-refractivity contribution in [3.63, 3.8) is 0 Å². The van der Waals surface area contributed by atoms with Gasteiger partial charge in [-0.25, -0.2) is 0 Å². The first kappa shape index (κ1) is 14.7. The molecule has 0 saturated carbocycles. The maximum atomic E-state index is 6.14. The fraction of sp³-hybridized carbons (Fsp3) is 0.667. The Bertz CT molecular complexity index is 488. The summed E-state index contributed by atoms with van der Waals surface area (Å²) in [4.78, 5) is 2.54. The summed E-state index contributed by atoms with van der Waals surface area (Å²) in [7, 11) is 0. The number of anilines is 1. The quantitative estimate of drug-likeness (QED) is 0.917. The Kier molecular flexibility index (Phi) is 4.39. The molecule has 1 N–H and O–H groups in total. The van der Waals surface area contributed by atoms with Crippen molar-refractivity contribution in [2.45, 2.75) is 39.5 Å². The summed E-state index contributed by atoms with van der Waals surface area (Å²) in [5.74, 6) is 1.01. The Morgan fingerprint density at radius 3 is 3.10 bits per heavy atom. The predicted octanol–water partition coefficient (Wildman–Crippen LogP) is 3.55. The van der Waals surface area contributed by atoms with E-state index < -0.39 is 0 Å². The molecule has 0 amide bonds. The van der Waals surface area contributed by atoms with Gasteiger partial charge in [-0.3, -0.25) is 0 Å². The van der Waals surface area contributed by atoms with Crippen LogP contribution in [-0.4, -0.2) is 37.7 Å². The lowest BCUT2D eigenvalue weighted by molar-refractivity contribution is 0.0593. The Hall–Kier alpha value is -1.22. The van der Waals surface area contributed by atoms with E-state index in [2.05, 4.69) is 42.3 Å². The van der Waals surface area contributed by atoms with E-state index in [1.165, 1.54) is 43.5 Å². The molecule has 1 saturated heterocycles. The molecule has 21 heavy (non-hydrogen) atoms. The van der Waals surface area contributed by atoms with Crippen LogP contribution in [0.15, 0.2) is 18.2 Å². The summed E-state index contributed by atoms with van der Waals surface area (Å²) < 4.78 is 6.14. The van der Waals surface area contributed by atoms with Crippen LogP contribution >= 0.6 is 0 Å². The van der Waals surface area contributed by atoms with Gasteiger partial charge in [0.1, 0.15) is 5.75 Å². The first-order valence-corrected chi connectivity index (χ1v) is 8.40. The lowest BCUT2D eigenvalue weighted by atomic mass is 9.83. The molecule has 2 heterocycles. The van der Waals surface area contributed by atoms with E-state index in [-0.39, 0.29) is 5.41 Å². The van der Waals surface area contributed by atoms with Gasteiger partial charge in [0, 0.05) is 30.3 Å². The minimum Gasteiger partial charge on any atom is -0.493 e. The van der Waals surface area contributed by atoms with Gasteiger partial charge in [-0.05, 0) is 50.4 Å². The number of rotatable bonds is 4. The Morgan fingerprint density at radius 1 is 1.33 bits per heavy atom. The molecule has 0 radical (unpaired) electrons. The molecule has 0 bridgehead atoms. The number of nitrogens with zero attached hydrogens (tertiary/aromatic N) is 1. The second-order valence-corrected chi connectivity index (χ2v) is 6.92. The second-order valence-electron chi connectivity index (χ2n) is 6.92. The van der Waals surface area contributed by atoms with Crippen molar-refractivity contribution in [2.24, 2.45) is 5.41 Å². The van der Waals surface area contributed by atoms with Crippen LogP contribution < -0.4 is 10.1 Å². The fourth-order valence-electron chi connectivity index (χ4n) is 3.60. The third-order valence-corrected chi connectivity index (χ3v) is 4.91. The summed E-state index contributed by atoms with van der Waals surface area (Å²) in [5.41, 5.74) is 2.98. The smallest absolute Gasteiger partial charge is 0.121 e. The van der Waals surface area contributed by atoms with Crippen molar-refractivity contribution in [3.05, 3.63) is 23.8 Å². The third-order valence-electron chi connectivity index (χ3n) is 4.91. The molecule has 0 aliphatic carbocycles. The van der Waals surface area contributed by atoms with Crippen LogP contribution in [0.3, 0.4) is 0 Å². The first-order chi connectivity index (χ1) is 10.2. The SMILES string of the molecule is CCN1CCCC(C)(COc2ccc3c(c2)NCCC3)C1. The molecule has 0 spiro atoms. The van der Waals surface area contributed by atoms with Crippen LogP contribution in [0.5, 0.6) is 5.75 Å². The number of aryl methyl sites for hydroxylation is 1. The molecule has 3 heteroatoms. The number of piperidine rings is 1. The summed E-state index contributed by atoms with van der Waals surface area (Å²) in [6.45, 7) is 10.1. The lowest BCUT2D eigenvalue weighted by Crippen LogP contribution is -2.44. The van der Waals surface area contributed by atoms with E-state index in [0.717, 1.165) is 32.0 Å². The average Bonchev–Trinajstić information content (AvgIpc) is 2.53. The van der Waals surface area contributed by atoms with Crippen LogP contribution in [0.4, 0.5) is 5.69 Å². The standard InChI is InChI=1S/C18H28N2O/c1-3-20-11-5-9-18(2,13-20)14-21-16-8-7-15-6-4-10-19-17(15)12-16/h7-8,12,19H,3-6,9-11,13-14H2,1-2H3. The van der Waals surface area contributed by atoms with Gasteiger partial charge in [0.05, 0.1) is 6.61 Å². The number of likely N-dealkylation sites (tertiary alicyclic amines) is 1. The molecule has 1 unspecified atom stereocenters. The fourth-order valence-corrected chi connectivity index (χ4v) is 3.60. The number of nitrogens with one attached hydrogen (secondary N) is 1. The predicted molar refractivity (Wildman–Crippen MR) is 88.2 cm³/mol. The molecule has 1 fully saturated rings. The molecule has 2 aliphatic heterocycles. The van der Waals surface area contributed by atoms with Crippen molar-refractivity contribution in [2.75, 3.05) is 38.1 Å². The number of fused-ring (bicyclic) bond motifs is 1. The topological polar surface area (TPSA) is 24.5 Å². The van der Waals surface area contributed by atoms with Crippen LogP contribution in [0.1, 0.15) is 38.7 Å². The average molecular weight is 288 g/mol. The van der Waals surface area contributed by atoms with Gasteiger partial charge in [0.15, 0.2) is 0 Å². The molecule has 3 nitrogen and oxygen atoms in total. The second kappa shape index (κ2) is 6.27. The zero-order valence-corrected chi connectivity index (χ0v) is 13.5. The molecule has 1 aromatic rings. The lowest BCUT2D eigenvalue weighted by Gasteiger charge is -2.39. The highest BCUT2D eigenvalue weighted by Crippen LogP contribution is 2.32. The Morgan fingerprint density at radius 2 is 2.24 bits per heavy atom. The van der Waals surface area contributed by atoms with Crippen LogP contribution in [0, 0.1) is 5.41 Å². The number of benzene rings is 1. The van der Waals surface area contributed by atoms with E-state index >= 15 is 0 Å². The molecule has 116 valence electrons. The molecular weight excluding hydrogens is 260 g/mol. The van der Waals surface area contributed by atoms with Gasteiger partial charge >= 0.3 is 0 Å². The number of hydrogen-bond acceptors (Lipinski definition) is 3. The van der Waals surface area contributed by atoms with Gasteiger partial charge < -0.3 is 15.0 Å². The minimum absolute atomic E-state index is 0.289. The van der Waals surface area contributed by atoms with E-state index in [1.807, 2.05) is 0 Å². The summed E-state index contributed by atoms with van der Waals surface area (Å²) in [6.07, 6.45) is 4.98. The molecular formula is C18H28N2O. The third kappa shape index (κ3) is 3.52. The molecule has 1 aromatic carbocycles. The zero-order chi connectivity index (χ0) is 14.7. The highest BCUT2D eigenvalue weighted by molar-refractivity contribution is 5.56. The van der Waals surface area contributed by atoms with E-state index in [0.29, 0.717) is 0 Å². The monoisotopic (exact) mass is 288 g/mol. The first-order valence-electron chi connectivity index (χ1n) is 8.40. The van der Waals surface area contributed by atoms with Crippen molar-refractivity contribution < 1.29 is 4.74 Å². The number of hydrogen-bond donors (Lipinski definition) is 1. The van der Waals surface area contributed by atoms with E-state index in [1.54, 1.807) is 0 Å². The highest BCUT2D eigenvalue weighted by Gasteiger charge is 2.31. The van der Waals surface area contributed by atoms with Gasteiger partial charge in [-0.1, -0.05) is 19.9 Å². The van der Waals surface area contributed by atoms with Gasteiger partial charge in [-0.2, -0.15) is 0 Å². The Labute approximate surface area is 128 Å². The van der Waals surface area contributed by atoms with Crippen molar-refractivity contribution >= 4 is 5.69 Å². The molecule has 0 aromatic heterocycles. The van der Waals surface area contributed by atoms with Crippen LogP contribution in [0.2, 0.25) is 0 Å². The minimum atomic E-state index is 0.289. The summed E-state index contributed by atoms with van der Waals surface area (Å²) in [6, 6.07) is 6.53. The van der Waals surface area contributed by atoms with Gasteiger partial charge in [0.25, 0.3) is 0 Å². The molecule has 3 rings (SSSR count). The maximum Gasteiger partial charge on any atom is 0.121 e. The van der Waals surface area contributed by atoms with Gasteiger partial charge in [-0.15, -0.1) is 0 Å². The van der Waals surface area contributed by atoms with Crippen molar-refractivity contribution in [3.8, 4) is 5.75 Å². The van der Waals surface area contributed by atoms with E-state index in [4.69, 9.17) is 4.74 Å². The van der Waals surface area contributed by atoms with E-state index in [9.17, 15) is 0 Å². The zero-order valence-electron chi connectivity index (χ0n) is 13.5. The van der Waals surface area contributed by atoms with Crippen LogP contribution in [-0.2, 0) is 6.42 Å². The molecule has 1 atom stereocenters. The number of ether oxygens (including phenoxy) is 1. The largest absolute Gasteiger partial charge is 0.493 e. The summed E-state index contributed by atoms with van der Waals surface area (Å²) >= 11 is 0. The maximum absolute atomic E-state index is 6.14. The van der Waals surface area contributed by atoms with Crippen LogP contribution in [0.25, 0.3) is 0 Å². The van der Waals surface area contributed by atoms with Gasteiger partial charge in [0.2, 0.25) is 0 Å². The van der Waals surface area contributed by atoms with Crippen molar-refractivity contribution in [1.29, 1.82) is 0 Å². The van der Waals surface area contributed by atoms with Crippen molar-refractivity contribution in [1.82, 2.24) is 4.90 Å². The highest BCUT2D eigenvalue weighted by atomic mass is 16.5.